The third-order valence-electron chi connectivity index (χ3n) is 5.29. The number of anilines is 3. The molecule has 0 radical (unpaired) electrons. The van der Waals surface area contributed by atoms with E-state index < -0.39 is 11.8 Å². The molecule has 2 amide bonds. The summed E-state index contributed by atoms with van der Waals surface area (Å²) in [5.41, 5.74) is 2.71. The van der Waals surface area contributed by atoms with Crippen LogP contribution in [0.2, 0.25) is 10.0 Å². The first-order valence-corrected chi connectivity index (χ1v) is 10.6. The molecule has 0 bridgehead atoms. The highest BCUT2D eigenvalue weighted by Gasteiger charge is 2.43. The van der Waals surface area contributed by atoms with Crippen molar-refractivity contribution in [3.63, 3.8) is 0 Å². The van der Waals surface area contributed by atoms with Gasteiger partial charge in [-0.2, -0.15) is 5.10 Å². The van der Waals surface area contributed by atoms with E-state index in [0.29, 0.717) is 27.1 Å². The molecule has 1 aliphatic heterocycles. The second-order valence-electron chi connectivity index (χ2n) is 7.41. The number of aromatic nitrogens is 2. The van der Waals surface area contributed by atoms with E-state index in [1.54, 1.807) is 65.8 Å². The van der Waals surface area contributed by atoms with Gasteiger partial charge < -0.3 is 5.32 Å². The molecule has 7 nitrogen and oxygen atoms in total. The second kappa shape index (κ2) is 8.18. The molecule has 160 valence electrons. The van der Waals surface area contributed by atoms with E-state index >= 15 is 0 Å². The third-order valence-corrected chi connectivity index (χ3v) is 5.76. The van der Waals surface area contributed by atoms with Crippen molar-refractivity contribution >= 4 is 63.0 Å². The molecule has 9 heteroatoms. The van der Waals surface area contributed by atoms with Gasteiger partial charge in [-0.15, -0.1) is 0 Å². The van der Waals surface area contributed by atoms with Crippen molar-refractivity contribution in [1.82, 2.24) is 10.2 Å². The van der Waals surface area contributed by atoms with Crippen LogP contribution in [0.1, 0.15) is 0 Å². The lowest BCUT2D eigenvalue weighted by molar-refractivity contribution is -0.128. The summed E-state index contributed by atoms with van der Waals surface area (Å²) in [7, 11) is 0. The van der Waals surface area contributed by atoms with Crippen LogP contribution in [0, 0.1) is 5.92 Å². The lowest BCUT2D eigenvalue weighted by atomic mass is 10.1. The van der Waals surface area contributed by atoms with E-state index in [9.17, 15) is 9.59 Å². The van der Waals surface area contributed by atoms with Crippen molar-refractivity contribution in [2.24, 2.45) is 5.92 Å². The average molecular weight is 466 g/mol. The van der Waals surface area contributed by atoms with Crippen molar-refractivity contribution in [2.75, 3.05) is 21.9 Å². The Hall–Kier alpha value is -3.55. The molecule has 3 aromatic carbocycles. The number of fused-ring (bicyclic) bond motifs is 1. The van der Waals surface area contributed by atoms with Gasteiger partial charge in [-0.05, 0) is 54.6 Å². The van der Waals surface area contributed by atoms with E-state index in [-0.39, 0.29) is 12.5 Å². The summed E-state index contributed by atoms with van der Waals surface area (Å²) in [5, 5.41) is 14.8. The van der Waals surface area contributed by atoms with Gasteiger partial charge >= 0.3 is 0 Å². The molecule has 5 rings (SSSR count). The molecule has 1 atom stereocenters. The summed E-state index contributed by atoms with van der Waals surface area (Å²) >= 11 is 12.4. The average Bonchev–Trinajstić information content (AvgIpc) is 3.37. The predicted octanol–water partition coefficient (Wildman–Crippen LogP) is 4.89. The van der Waals surface area contributed by atoms with Crippen molar-refractivity contribution in [3.05, 3.63) is 83.0 Å². The maximum absolute atomic E-state index is 13.4. The Morgan fingerprint density at radius 3 is 2.47 bits per heavy atom. The van der Waals surface area contributed by atoms with Crippen molar-refractivity contribution in [3.8, 4) is 0 Å². The molecule has 0 spiro atoms. The first-order chi connectivity index (χ1) is 15.5. The number of carbonyl (C=O) groups is 2. The molecule has 4 aromatic rings. The molecule has 1 aliphatic rings. The molecule has 2 heterocycles. The number of rotatable bonds is 4. The van der Waals surface area contributed by atoms with Gasteiger partial charge in [0.25, 0.3) is 5.91 Å². The van der Waals surface area contributed by atoms with Crippen LogP contribution in [0.25, 0.3) is 10.9 Å². The van der Waals surface area contributed by atoms with Crippen LogP contribution in [0.15, 0.2) is 72.9 Å². The Kier molecular flexibility index (Phi) is 5.20. The zero-order valence-electron chi connectivity index (χ0n) is 16.6. The molecule has 2 N–H and O–H groups in total. The predicted molar refractivity (Wildman–Crippen MR) is 126 cm³/mol. The summed E-state index contributed by atoms with van der Waals surface area (Å²) in [5.74, 6) is -1.67. The van der Waals surface area contributed by atoms with Crippen LogP contribution in [-0.2, 0) is 9.59 Å². The van der Waals surface area contributed by atoms with E-state index in [0.717, 1.165) is 10.9 Å². The Labute approximate surface area is 193 Å². The molecule has 1 unspecified atom stereocenters. The van der Waals surface area contributed by atoms with Gasteiger partial charge in [0, 0.05) is 21.1 Å². The Morgan fingerprint density at radius 2 is 1.72 bits per heavy atom. The number of benzene rings is 3. The standard InChI is InChI=1S/C23H17Cl2N5O2/c24-15-3-1-5-18(10-15)29-13-20(23(32)30(29)19-6-2-4-16(25)11-19)22(31)27-17-7-8-21-14(9-17)12-26-28-21/h1-12,20H,13H2,(H,26,28)(H,27,31). The molecular weight excluding hydrogens is 449 g/mol. The summed E-state index contributed by atoms with van der Waals surface area (Å²) in [4.78, 5) is 26.5. The summed E-state index contributed by atoms with van der Waals surface area (Å²) < 4.78 is 0. The van der Waals surface area contributed by atoms with Gasteiger partial charge in [-0.3, -0.25) is 19.7 Å². The second-order valence-corrected chi connectivity index (χ2v) is 8.28. The fourth-order valence-corrected chi connectivity index (χ4v) is 4.15. The molecule has 0 saturated carbocycles. The van der Waals surface area contributed by atoms with Crippen LogP contribution in [0.3, 0.4) is 0 Å². The molecular formula is C23H17Cl2N5O2. The number of hydrazine groups is 1. The number of hydrogen-bond acceptors (Lipinski definition) is 4. The number of halogens is 2. The van der Waals surface area contributed by atoms with Gasteiger partial charge in [0.1, 0.15) is 5.92 Å². The van der Waals surface area contributed by atoms with Crippen molar-refractivity contribution in [2.45, 2.75) is 0 Å². The summed E-state index contributed by atoms with van der Waals surface area (Å²) in [6.07, 6.45) is 1.67. The molecule has 1 fully saturated rings. The first-order valence-electron chi connectivity index (χ1n) is 9.86. The quantitative estimate of drug-likeness (QED) is 0.420. The zero-order valence-corrected chi connectivity index (χ0v) is 18.1. The zero-order chi connectivity index (χ0) is 22.2. The highest BCUT2D eigenvalue weighted by Crippen LogP contribution is 2.33. The van der Waals surface area contributed by atoms with Gasteiger partial charge in [-0.1, -0.05) is 35.3 Å². The summed E-state index contributed by atoms with van der Waals surface area (Å²) in [6, 6.07) is 19.5. The number of carbonyl (C=O) groups excluding carboxylic acids is 2. The minimum atomic E-state index is -0.923. The number of amides is 2. The lowest BCUT2D eigenvalue weighted by Gasteiger charge is -2.29. The van der Waals surface area contributed by atoms with Crippen molar-refractivity contribution in [1.29, 1.82) is 0 Å². The third kappa shape index (κ3) is 3.77. The summed E-state index contributed by atoms with van der Waals surface area (Å²) in [6.45, 7) is 0.158. The highest BCUT2D eigenvalue weighted by atomic mass is 35.5. The fourth-order valence-electron chi connectivity index (χ4n) is 3.78. The number of nitrogens with one attached hydrogen (secondary N) is 2. The Bertz CT molecular complexity index is 1340. The highest BCUT2D eigenvalue weighted by molar-refractivity contribution is 6.31. The monoisotopic (exact) mass is 465 g/mol. The van der Waals surface area contributed by atoms with Crippen LogP contribution in [0.5, 0.6) is 0 Å². The maximum Gasteiger partial charge on any atom is 0.260 e. The van der Waals surface area contributed by atoms with E-state index in [1.165, 1.54) is 5.01 Å². The number of hydrogen-bond donors (Lipinski definition) is 2. The van der Waals surface area contributed by atoms with E-state index in [1.807, 2.05) is 12.1 Å². The first kappa shape index (κ1) is 20.4. The molecule has 1 aromatic heterocycles. The van der Waals surface area contributed by atoms with E-state index in [2.05, 4.69) is 15.5 Å². The van der Waals surface area contributed by atoms with Gasteiger partial charge in [0.2, 0.25) is 5.91 Å². The Morgan fingerprint density at radius 1 is 1.00 bits per heavy atom. The van der Waals surface area contributed by atoms with Crippen LogP contribution in [-0.4, -0.2) is 28.6 Å². The van der Waals surface area contributed by atoms with Crippen LogP contribution in [0.4, 0.5) is 17.1 Å². The maximum atomic E-state index is 13.4. The fraction of sp³-hybridized carbons (Fsp3) is 0.0870. The number of aromatic amines is 1. The van der Waals surface area contributed by atoms with Crippen molar-refractivity contribution < 1.29 is 9.59 Å². The minimum Gasteiger partial charge on any atom is -0.325 e. The lowest BCUT2D eigenvalue weighted by Crippen LogP contribution is -2.39. The smallest absolute Gasteiger partial charge is 0.260 e. The van der Waals surface area contributed by atoms with Gasteiger partial charge in [0.15, 0.2) is 0 Å². The van der Waals surface area contributed by atoms with Crippen LogP contribution < -0.4 is 15.3 Å². The normalized spacial score (nSPS) is 16.1. The topological polar surface area (TPSA) is 81.3 Å². The molecule has 1 saturated heterocycles. The van der Waals surface area contributed by atoms with Crippen LogP contribution >= 0.6 is 23.2 Å². The largest absolute Gasteiger partial charge is 0.325 e. The molecule has 32 heavy (non-hydrogen) atoms. The number of H-pyrrole nitrogens is 1. The number of nitrogens with zero attached hydrogens (tertiary/aromatic N) is 3. The SMILES string of the molecule is O=C(Nc1ccc2[nH]ncc2c1)C1CN(c2cccc(Cl)c2)N(c2cccc(Cl)c2)C1=O. The van der Waals surface area contributed by atoms with Gasteiger partial charge in [-0.25, -0.2) is 5.01 Å². The van der Waals surface area contributed by atoms with E-state index in [4.69, 9.17) is 23.2 Å². The Balaban J connectivity index is 1.47. The molecule has 0 aliphatic carbocycles. The van der Waals surface area contributed by atoms with Gasteiger partial charge in [0.05, 0.1) is 29.6 Å². The minimum absolute atomic E-state index is 0.158.